The van der Waals surface area contributed by atoms with Crippen molar-refractivity contribution < 1.29 is 19.2 Å². The second-order valence-electron chi connectivity index (χ2n) is 3.99. The van der Waals surface area contributed by atoms with Gasteiger partial charge in [-0.15, -0.1) is 4.73 Å². The molecule has 1 aromatic carbocycles. The highest BCUT2D eigenvalue weighted by Crippen LogP contribution is 2.24. The minimum Gasteiger partial charge on any atom is -0.406 e. The molecule has 1 aromatic heterocycles. The Balaban J connectivity index is 2.15. The van der Waals surface area contributed by atoms with E-state index in [1.54, 1.807) is 18.2 Å². The molecule has 0 atom stereocenters. The Morgan fingerprint density at radius 2 is 2.05 bits per heavy atom. The fraction of sp³-hybridized carbons (Fsp3) is 0.143. The molecule has 3 rings (SSSR count). The summed E-state index contributed by atoms with van der Waals surface area (Å²) >= 11 is 0. The lowest BCUT2D eigenvalue weighted by atomic mass is 10.2. The molecule has 5 nitrogen and oxygen atoms in total. The molecule has 0 spiro atoms. The van der Waals surface area contributed by atoms with Crippen molar-refractivity contribution in [3.05, 3.63) is 30.3 Å². The van der Waals surface area contributed by atoms with Crippen LogP contribution in [0.2, 0.25) is 0 Å². The summed E-state index contributed by atoms with van der Waals surface area (Å²) in [7, 11) is 0. The third-order valence-electron chi connectivity index (χ3n) is 2.67. The van der Waals surface area contributed by atoms with Crippen molar-refractivity contribution in [3.8, 4) is 17.7 Å². The highest BCUT2D eigenvalue weighted by molar-refractivity contribution is 5.90. The monoisotopic (exact) mass is 255 g/mol. The van der Waals surface area contributed by atoms with E-state index in [-0.39, 0.29) is 18.7 Å². The van der Waals surface area contributed by atoms with E-state index in [9.17, 15) is 9.59 Å². The predicted octanol–water partition coefficient (Wildman–Crippen LogP) is 1.30. The van der Waals surface area contributed by atoms with Crippen molar-refractivity contribution in [2.24, 2.45) is 0 Å². The van der Waals surface area contributed by atoms with E-state index in [4.69, 9.17) is 9.57 Å². The highest BCUT2D eigenvalue weighted by Gasteiger charge is 2.17. The first-order valence-electron chi connectivity index (χ1n) is 5.76. The smallest absolute Gasteiger partial charge is 0.406 e. The van der Waals surface area contributed by atoms with Gasteiger partial charge in [0, 0.05) is 23.8 Å². The van der Waals surface area contributed by atoms with Gasteiger partial charge in [-0.1, -0.05) is 24.1 Å². The van der Waals surface area contributed by atoms with Crippen LogP contribution in [0.1, 0.15) is 12.8 Å². The van der Waals surface area contributed by atoms with Crippen molar-refractivity contribution in [2.75, 3.05) is 0 Å². The van der Waals surface area contributed by atoms with Gasteiger partial charge in [0.2, 0.25) is 5.88 Å². The average Bonchev–Trinajstić information content (AvgIpc) is 2.73. The van der Waals surface area contributed by atoms with E-state index in [0.29, 0.717) is 5.52 Å². The van der Waals surface area contributed by atoms with Crippen LogP contribution in [0.5, 0.6) is 5.88 Å². The first kappa shape index (κ1) is 11.4. The standard InChI is InChI=1S/C14H9NO4/c16-13-7-3-4-8-14(17)19-15-11-6-2-1-5-10(11)9-12(15)18-13/h1-2,5-6,9H,3,7H2. The van der Waals surface area contributed by atoms with Gasteiger partial charge in [-0.3, -0.25) is 4.79 Å². The fourth-order valence-electron chi connectivity index (χ4n) is 1.84. The van der Waals surface area contributed by atoms with Gasteiger partial charge in [-0.05, 0) is 6.07 Å². The van der Waals surface area contributed by atoms with Gasteiger partial charge in [-0.25, -0.2) is 4.79 Å². The van der Waals surface area contributed by atoms with E-state index < -0.39 is 11.9 Å². The number of carbonyl (C=O) groups is 2. The van der Waals surface area contributed by atoms with Crippen LogP contribution < -0.4 is 9.57 Å². The van der Waals surface area contributed by atoms with Gasteiger partial charge >= 0.3 is 11.9 Å². The number of esters is 1. The lowest BCUT2D eigenvalue weighted by Crippen LogP contribution is -2.21. The Labute approximate surface area is 108 Å². The van der Waals surface area contributed by atoms with Crippen LogP contribution in [0.25, 0.3) is 10.9 Å². The van der Waals surface area contributed by atoms with Crippen LogP contribution >= 0.6 is 0 Å². The van der Waals surface area contributed by atoms with Crippen LogP contribution in [0.4, 0.5) is 0 Å². The highest BCUT2D eigenvalue weighted by atomic mass is 16.7. The topological polar surface area (TPSA) is 57.5 Å². The number of nitrogens with zero attached hydrogens (tertiary/aromatic N) is 1. The molecule has 2 heterocycles. The Hall–Kier alpha value is -2.74. The third-order valence-corrected chi connectivity index (χ3v) is 2.67. The largest absolute Gasteiger partial charge is 0.408 e. The number of carbonyl (C=O) groups excluding carboxylic acids is 2. The number of fused-ring (bicyclic) bond motifs is 3. The molecule has 0 fully saturated rings. The first-order valence-corrected chi connectivity index (χ1v) is 5.76. The molecule has 0 bridgehead atoms. The van der Waals surface area contributed by atoms with Crippen LogP contribution in [-0.4, -0.2) is 16.7 Å². The van der Waals surface area contributed by atoms with Crippen molar-refractivity contribution in [2.45, 2.75) is 12.8 Å². The van der Waals surface area contributed by atoms with Gasteiger partial charge in [-0.2, -0.15) is 0 Å². The molecule has 2 aromatic rings. The van der Waals surface area contributed by atoms with Crippen LogP contribution in [0.15, 0.2) is 30.3 Å². The molecular weight excluding hydrogens is 246 g/mol. The zero-order valence-corrected chi connectivity index (χ0v) is 9.88. The Bertz CT molecular complexity index is 733. The number of ether oxygens (including phenoxy) is 1. The number of aromatic nitrogens is 1. The van der Waals surface area contributed by atoms with Gasteiger partial charge in [0.05, 0.1) is 11.9 Å². The summed E-state index contributed by atoms with van der Waals surface area (Å²) in [6.07, 6.45) is 0.413. The molecule has 0 aliphatic carbocycles. The van der Waals surface area contributed by atoms with Crippen molar-refractivity contribution in [1.82, 2.24) is 4.73 Å². The van der Waals surface area contributed by atoms with Crippen molar-refractivity contribution in [3.63, 3.8) is 0 Å². The maximum Gasteiger partial charge on any atom is 0.408 e. The second kappa shape index (κ2) is 4.50. The second-order valence-corrected chi connectivity index (χ2v) is 3.99. The van der Waals surface area contributed by atoms with E-state index in [1.165, 1.54) is 4.73 Å². The number of hydrogen-bond acceptors (Lipinski definition) is 4. The summed E-state index contributed by atoms with van der Waals surface area (Å²) in [5, 5.41) is 0.810. The molecule has 1 aliphatic heterocycles. The number of rotatable bonds is 0. The molecule has 1 aliphatic rings. The minimum absolute atomic E-state index is 0.141. The molecule has 0 radical (unpaired) electrons. The Kier molecular flexibility index (Phi) is 2.69. The number of benzene rings is 1. The van der Waals surface area contributed by atoms with E-state index in [0.717, 1.165) is 5.39 Å². The van der Waals surface area contributed by atoms with Crippen molar-refractivity contribution in [1.29, 1.82) is 0 Å². The molecule has 0 N–H and O–H groups in total. The molecule has 94 valence electrons. The summed E-state index contributed by atoms with van der Waals surface area (Å²) in [5.74, 6) is 3.99. The molecule has 0 unspecified atom stereocenters. The van der Waals surface area contributed by atoms with Gasteiger partial charge < -0.3 is 9.57 Å². The zero-order chi connectivity index (χ0) is 13.2. The van der Waals surface area contributed by atoms with E-state index in [1.807, 2.05) is 12.1 Å². The van der Waals surface area contributed by atoms with Crippen LogP contribution in [0.3, 0.4) is 0 Å². The average molecular weight is 255 g/mol. The number of hydrogen-bond donors (Lipinski definition) is 0. The molecular formula is C14H9NO4. The normalized spacial score (nSPS) is 14.9. The number of para-hydroxylation sites is 1. The summed E-state index contributed by atoms with van der Waals surface area (Å²) in [6.45, 7) is 0. The van der Waals surface area contributed by atoms with Gasteiger partial charge in [0.25, 0.3) is 0 Å². The molecule has 0 saturated heterocycles. The summed E-state index contributed by atoms with van der Waals surface area (Å²) < 4.78 is 6.37. The van der Waals surface area contributed by atoms with E-state index >= 15 is 0 Å². The third kappa shape index (κ3) is 2.16. The molecule has 0 saturated carbocycles. The van der Waals surface area contributed by atoms with Gasteiger partial charge in [0.1, 0.15) is 0 Å². The SMILES string of the molecule is O=C1C#CCCC(=O)Oc2cc3ccccc3n2O1. The van der Waals surface area contributed by atoms with Crippen LogP contribution in [0, 0.1) is 11.8 Å². The molecule has 5 heteroatoms. The van der Waals surface area contributed by atoms with Crippen molar-refractivity contribution >= 4 is 22.8 Å². The summed E-state index contributed by atoms with van der Waals surface area (Å²) in [5.41, 5.74) is 0.640. The maximum absolute atomic E-state index is 11.6. The quantitative estimate of drug-likeness (QED) is 0.526. The summed E-state index contributed by atoms with van der Waals surface area (Å²) in [4.78, 5) is 28.2. The maximum atomic E-state index is 11.6. The van der Waals surface area contributed by atoms with Crippen LogP contribution in [-0.2, 0) is 9.59 Å². The van der Waals surface area contributed by atoms with E-state index in [2.05, 4.69) is 11.8 Å². The predicted molar refractivity (Wildman–Crippen MR) is 66.2 cm³/mol. The summed E-state index contributed by atoms with van der Waals surface area (Å²) in [6, 6.07) is 8.89. The zero-order valence-electron chi connectivity index (χ0n) is 9.88. The Morgan fingerprint density at radius 1 is 1.21 bits per heavy atom. The molecule has 0 amide bonds. The molecule has 19 heavy (non-hydrogen) atoms. The van der Waals surface area contributed by atoms with Gasteiger partial charge in [0.15, 0.2) is 0 Å². The Morgan fingerprint density at radius 3 is 2.95 bits per heavy atom. The lowest BCUT2D eigenvalue weighted by molar-refractivity contribution is -0.141. The minimum atomic E-state index is -0.680. The lowest BCUT2D eigenvalue weighted by Gasteiger charge is -2.09. The first-order chi connectivity index (χ1) is 9.24. The fourth-order valence-corrected chi connectivity index (χ4v) is 1.84.